The van der Waals surface area contributed by atoms with Crippen molar-refractivity contribution in [2.24, 2.45) is 0 Å². The highest BCUT2D eigenvalue weighted by Gasteiger charge is 2.36. The molecular weight excluding hydrogens is 290 g/mol. The topological polar surface area (TPSA) is 66.0 Å². The smallest absolute Gasteiger partial charge is 0.450 e. The lowest BCUT2D eigenvalue weighted by Crippen LogP contribution is -2.42. The first-order chi connectivity index (χ1) is 10.2. The molecule has 21 heavy (non-hydrogen) atoms. The number of nitrogens with one attached hydrogen (secondary N) is 1. The summed E-state index contributed by atoms with van der Waals surface area (Å²) in [5.41, 5.74) is 1.03. The van der Waals surface area contributed by atoms with Gasteiger partial charge in [0, 0.05) is 33.9 Å². The van der Waals surface area contributed by atoms with Crippen LogP contribution in [0.3, 0.4) is 0 Å². The van der Waals surface area contributed by atoms with Crippen molar-refractivity contribution in [3.63, 3.8) is 0 Å². The van der Waals surface area contributed by atoms with Crippen LogP contribution in [0.1, 0.15) is 12.0 Å². The van der Waals surface area contributed by atoms with Crippen molar-refractivity contribution in [3.05, 3.63) is 35.9 Å². The van der Waals surface area contributed by atoms with E-state index in [1.165, 1.54) is 0 Å². The second-order valence-corrected chi connectivity index (χ2v) is 7.46. The van der Waals surface area contributed by atoms with Gasteiger partial charge in [-0.05, 0) is 12.0 Å². The fraction of sp³-hybridized carbons (Fsp3) is 0.500. The number of alkyl carbamates (subject to hydrolysis) is 1. The number of carbonyl (C=O) groups is 1. The molecule has 1 rings (SSSR count). The summed E-state index contributed by atoms with van der Waals surface area (Å²) in [6.45, 7) is 0.748. The SMILES string of the molecule is CO[Si](CCCOC(=O)NCc1ccccc1)(OC)OC. The maximum Gasteiger partial charge on any atom is 0.500 e. The molecule has 0 bridgehead atoms. The van der Waals surface area contributed by atoms with Crippen LogP contribution in [0.2, 0.25) is 6.04 Å². The van der Waals surface area contributed by atoms with E-state index in [2.05, 4.69) is 5.32 Å². The predicted octanol–water partition coefficient (Wildman–Crippen LogP) is 2.18. The van der Waals surface area contributed by atoms with Crippen LogP contribution in [0.15, 0.2) is 30.3 Å². The van der Waals surface area contributed by atoms with Gasteiger partial charge in [-0.1, -0.05) is 30.3 Å². The lowest BCUT2D eigenvalue weighted by molar-refractivity contribution is 0.115. The molecule has 0 heterocycles. The Bertz CT molecular complexity index is 403. The quantitative estimate of drug-likeness (QED) is 0.559. The average Bonchev–Trinajstić information content (AvgIpc) is 2.55. The number of amides is 1. The summed E-state index contributed by atoms with van der Waals surface area (Å²) < 4.78 is 21.0. The largest absolute Gasteiger partial charge is 0.500 e. The second-order valence-electron chi connectivity index (χ2n) is 4.37. The van der Waals surface area contributed by atoms with Gasteiger partial charge in [-0.25, -0.2) is 4.79 Å². The Labute approximate surface area is 126 Å². The van der Waals surface area contributed by atoms with Crippen LogP contribution in [-0.4, -0.2) is 42.8 Å². The predicted molar refractivity (Wildman–Crippen MR) is 80.8 cm³/mol. The van der Waals surface area contributed by atoms with Gasteiger partial charge in [-0.3, -0.25) is 0 Å². The van der Waals surface area contributed by atoms with Crippen molar-refractivity contribution in [3.8, 4) is 0 Å². The van der Waals surface area contributed by atoms with Crippen LogP contribution in [0, 0.1) is 0 Å². The number of benzene rings is 1. The Kier molecular flexibility index (Phi) is 7.99. The van der Waals surface area contributed by atoms with E-state index in [9.17, 15) is 4.79 Å². The normalized spacial score (nSPS) is 11.2. The summed E-state index contributed by atoms with van der Waals surface area (Å²) in [6, 6.07) is 10.3. The Balaban J connectivity index is 2.19. The van der Waals surface area contributed by atoms with Gasteiger partial charge >= 0.3 is 14.9 Å². The van der Waals surface area contributed by atoms with E-state index >= 15 is 0 Å². The van der Waals surface area contributed by atoms with Gasteiger partial charge in [-0.2, -0.15) is 0 Å². The molecule has 1 aromatic rings. The zero-order valence-electron chi connectivity index (χ0n) is 12.8. The molecule has 0 spiro atoms. The van der Waals surface area contributed by atoms with Crippen LogP contribution in [0.5, 0.6) is 0 Å². The number of hydrogen-bond acceptors (Lipinski definition) is 5. The molecule has 0 radical (unpaired) electrons. The molecule has 1 N–H and O–H groups in total. The molecule has 0 aliphatic heterocycles. The Morgan fingerprint density at radius 1 is 1.10 bits per heavy atom. The maximum absolute atomic E-state index is 11.5. The van der Waals surface area contributed by atoms with Gasteiger partial charge < -0.3 is 23.3 Å². The minimum absolute atomic E-state index is 0.297. The van der Waals surface area contributed by atoms with Gasteiger partial charge in [0.1, 0.15) is 0 Å². The van der Waals surface area contributed by atoms with E-state index < -0.39 is 14.9 Å². The molecule has 0 aromatic heterocycles. The lowest BCUT2D eigenvalue weighted by Gasteiger charge is -2.24. The Morgan fingerprint density at radius 2 is 1.71 bits per heavy atom. The molecule has 1 aromatic carbocycles. The summed E-state index contributed by atoms with van der Waals surface area (Å²) in [5.74, 6) is 0. The maximum atomic E-state index is 11.5. The third-order valence-corrected chi connectivity index (χ3v) is 5.91. The van der Waals surface area contributed by atoms with E-state index in [1.807, 2.05) is 30.3 Å². The lowest BCUT2D eigenvalue weighted by atomic mass is 10.2. The van der Waals surface area contributed by atoms with Gasteiger partial charge in [0.25, 0.3) is 0 Å². The van der Waals surface area contributed by atoms with Crippen molar-refractivity contribution < 1.29 is 22.8 Å². The monoisotopic (exact) mass is 313 g/mol. The molecule has 7 heteroatoms. The van der Waals surface area contributed by atoms with E-state index in [0.29, 0.717) is 25.6 Å². The number of rotatable bonds is 9. The molecule has 118 valence electrons. The molecule has 0 fully saturated rings. The molecule has 1 amide bonds. The highest BCUT2D eigenvalue weighted by atomic mass is 28.4. The van der Waals surface area contributed by atoms with Crippen molar-refractivity contribution >= 4 is 14.9 Å². The minimum atomic E-state index is -2.57. The van der Waals surface area contributed by atoms with E-state index in [1.54, 1.807) is 21.3 Å². The van der Waals surface area contributed by atoms with Crippen molar-refractivity contribution in [2.75, 3.05) is 27.9 Å². The third-order valence-electron chi connectivity index (χ3n) is 3.07. The van der Waals surface area contributed by atoms with E-state index in [-0.39, 0.29) is 0 Å². The van der Waals surface area contributed by atoms with Crippen molar-refractivity contribution in [1.82, 2.24) is 5.32 Å². The fourth-order valence-electron chi connectivity index (χ4n) is 1.83. The number of hydrogen-bond donors (Lipinski definition) is 1. The first-order valence-electron chi connectivity index (χ1n) is 6.76. The molecule has 0 saturated heterocycles. The van der Waals surface area contributed by atoms with E-state index in [4.69, 9.17) is 18.0 Å². The molecule has 0 saturated carbocycles. The third kappa shape index (κ3) is 6.26. The van der Waals surface area contributed by atoms with Crippen LogP contribution < -0.4 is 5.32 Å². The summed E-state index contributed by atoms with van der Waals surface area (Å²) in [7, 11) is 2.11. The number of ether oxygens (including phenoxy) is 1. The van der Waals surface area contributed by atoms with E-state index in [0.717, 1.165) is 5.56 Å². The summed E-state index contributed by atoms with van der Waals surface area (Å²) in [4.78, 5) is 11.5. The Hall–Kier alpha value is -1.41. The summed E-state index contributed by atoms with van der Waals surface area (Å²) >= 11 is 0. The molecule has 0 atom stereocenters. The summed E-state index contributed by atoms with van der Waals surface area (Å²) in [6.07, 6.45) is 0.193. The van der Waals surface area contributed by atoms with Crippen LogP contribution in [-0.2, 0) is 24.6 Å². The van der Waals surface area contributed by atoms with Crippen LogP contribution in [0.4, 0.5) is 4.79 Å². The van der Waals surface area contributed by atoms with Gasteiger partial charge in [0.2, 0.25) is 0 Å². The van der Waals surface area contributed by atoms with Crippen molar-refractivity contribution in [1.29, 1.82) is 0 Å². The molecular formula is C14H23NO5Si. The number of carbonyl (C=O) groups excluding carboxylic acids is 1. The second kappa shape index (κ2) is 9.51. The standard InChI is InChI=1S/C14H23NO5Si/c1-17-21(18-2,19-3)11-7-10-20-14(16)15-12-13-8-5-4-6-9-13/h4-6,8-9H,7,10-12H2,1-3H3,(H,15,16). The fourth-order valence-corrected chi connectivity index (χ4v) is 3.52. The Morgan fingerprint density at radius 3 is 2.29 bits per heavy atom. The summed E-state index contributed by atoms with van der Waals surface area (Å²) in [5, 5.41) is 2.69. The highest BCUT2D eigenvalue weighted by molar-refractivity contribution is 6.60. The van der Waals surface area contributed by atoms with Crippen LogP contribution in [0.25, 0.3) is 0 Å². The highest BCUT2D eigenvalue weighted by Crippen LogP contribution is 2.14. The molecule has 0 aliphatic rings. The molecule has 6 nitrogen and oxygen atoms in total. The first kappa shape index (κ1) is 17.6. The van der Waals surface area contributed by atoms with Gasteiger partial charge in [0.15, 0.2) is 0 Å². The first-order valence-corrected chi connectivity index (χ1v) is 8.69. The van der Waals surface area contributed by atoms with Gasteiger partial charge in [0.05, 0.1) is 6.61 Å². The minimum Gasteiger partial charge on any atom is -0.450 e. The zero-order chi connectivity index (χ0) is 15.6. The molecule has 0 unspecified atom stereocenters. The van der Waals surface area contributed by atoms with Gasteiger partial charge in [-0.15, -0.1) is 0 Å². The van der Waals surface area contributed by atoms with Crippen molar-refractivity contribution in [2.45, 2.75) is 19.0 Å². The molecule has 0 aliphatic carbocycles. The van der Waals surface area contributed by atoms with Crippen LogP contribution >= 0.6 is 0 Å². The average molecular weight is 313 g/mol. The zero-order valence-corrected chi connectivity index (χ0v) is 13.8.